The maximum absolute atomic E-state index is 13.1. The number of aromatic nitrogens is 2. The number of carbonyl (C=O) groups is 1. The smallest absolute Gasteiger partial charge is 0.224 e. The van der Waals surface area contributed by atoms with Gasteiger partial charge in [0.1, 0.15) is 5.82 Å². The molecule has 2 heterocycles. The van der Waals surface area contributed by atoms with Crippen LogP contribution in [0.15, 0.2) is 24.3 Å². The maximum atomic E-state index is 13.1. The summed E-state index contributed by atoms with van der Waals surface area (Å²) in [5, 5.41) is 10.7. The van der Waals surface area contributed by atoms with Gasteiger partial charge in [-0.25, -0.2) is 9.07 Å². The normalized spacial score (nSPS) is 14.0. The van der Waals surface area contributed by atoms with E-state index in [4.69, 9.17) is 0 Å². The first-order valence-electron chi connectivity index (χ1n) is 7.83. The van der Waals surface area contributed by atoms with Gasteiger partial charge >= 0.3 is 0 Å². The highest BCUT2D eigenvalue weighted by Gasteiger charge is 2.19. The van der Waals surface area contributed by atoms with E-state index in [-0.39, 0.29) is 24.1 Å². The molecule has 1 aliphatic heterocycles. The number of nitrogens with zero attached hydrogens (tertiary/aromatic N) is 2. The average molecular weight is 353 g/mol. The number of aryl methyl sites for hydroxylation is 1. The van der Waals surface area contributed by atoms with Crippen LogP contribution >= 0.6 is 12.4 Å². The van der Waals surface area contributed by atoms with Gasteiger partial charge in [0, 0.05) is 36.8 Å². The highest BCUT2D eigenvalue weighted by Crippen LogP contribution is 2.18. The Labute approximate surface area is 147 Å². The van der Waals surface area contributed by atoms with Gasteiger partial charge in [0.25, 0.3) is 0 Å². The van der Waals surface area contributed by atoms with Crippen LogP contribution in [0.25, 0.3) is 5.69 Å². The van der Waals surface area contributed by atoms with E-state index in [0.29, 0.717) is 12.3 Å². The predicted molar refractivity (Wildman–Crippen MR) is 93.3 cm³/mol. The lowest BCUT2D eigenvalue weighted by molar-refractivity contribution is -0.120. The molecule has 5 nitrogen and oxygen atoms in total. The summed E-state index contributed by atoms with van der Waals surface area (Å²) in [6.45, 7) is 6.49. The van der Waals surface area contributed by atoms with Crippen LogP contribution in [0.4, 0.5) is 4.39 Å². The number of nitrogens with one attached hydrogen (secondary N) is 2. The minimum atomic E-state index is -0.277. The second kappa shape index (κ2) is 7.77. The Morgan fingerprint density at radius 1 is 1.33 bits per heavy atom. The van der Waals surface area contributed by atoms with Crippen LogP contribution in [0.2, 0.25) is 0 Å². The Morgan fingerprint density at radius 3 is 2.58 bits per heavy atom. The summed E-state index contributed by atoms with van der Waals surface area (Å²) in [7, 11) is 0. The first-order chi connectivity index (χ1) is 11.0. The highest BCUT2D eigenvalue weighted by molar-refractivity contribution is 5.85. The number of halogens is 2. The van der Waals surface area contributed by atoms with Gasteiger partial charge in [0.05, 0.1) is 17.8 Å². The molecule has 3 rings (SSSR count). The number of rotatable bonds is 5. The maximum Gasteiger partial charge on any atom is 0.224 e. The largest absolute Gasteiger partial charge is 0.355 e. The summed E-state index contributed by atoms with van der Waals surface area (Å²) in [4.78, 5) is 12.1. The molecule has 7 heteroatoms. The number of hydrogen-bond acceptors (Lipinski definition) is 3. The molecule has 1 saturated heterocycles. The van der Waals surface area contributed by atoms with Crippen molar-refractivity contribution in [1.29, 1.82) is 0 Å². The van der Waals surface area contributed by atoms with Crippen molar-refractivity contribution in [3.05, 3.63) is 47.0 Å². The Bertz CT molecular complexity index is 710. The molecule has 0 aliphatic carbocycles. The Kier molecular flexibility index (Phi) is 5.96. The van der Waals surface area contributed by atoms with Crippen molar-refractivity contribution in [2.75, 3.05) is 19.6 Å². The van der Waals surface area contributed by atoms with E-state index in [2.05, 4.69) is 15.7 Å². The van der Waals surface area contributed by atoms with Crippen LogP contribution in [-0.4, -0.2) is 35.3 Å². The summed E-state index contributed by atoms with van der Waals surface area (Å²) in [6, 6.07) is 6.18. The SMILES string of the molecule is Cc1nn(-c2ccc(F)cc2)c(C)c1CC(=O)NCC1CNC1.Cl. The lowest BCUT2D eigenvalue weighted by Crippen LogP contribution is -2.48. The standard InChI is InChI=1S/C17H21FN4O.ClH/c1-11-16(7-17(23)20-10-13-8-19-9-13)12(2)22(21-11)15-5-3-14(18)4-6-15;/h3-6,13,19H,7-10H2,1-2H3,(H,20,23);1H. The van der Waals surface area contributed by atoms with Gasteiger partial charge < -0.3 is 10.6 Å². The zero-order chi connectivity index (χ0) is 16.4. The van der Waals surface area contributed by atoms with Crippen LogP contribution in [0.3, 0.4) is 0 Å². The Balaban J connectivity index is 0.00000208. The van der Waals surface area contributed by atoms with Gasteiger partial charge in [0.2, 0.25) is 5.91 Å². The van der Waals surface area contributed by atoms with Crippen LogP contribution < -0.4 is 10.6 Å². The molecular weight excluding hydrogens is 331 g/mol. The molecule has 24 heavy (non-hydrogen) atoms. The molecular formula is C17H22ClFN4O. The van der Waals surface area contributed by atoms with Crippen molar-refractivity contribution in [3.63, 3.8) is 0 Å². The van der Waals surface area contributed by atoms with Gasteiger partial charge in [-0.2, -0.15) is 5.10 Å². The molecule has 1 aliphatic rings. The van der Waals surface area contributed by atoms with Gasteiger partial charge in [0.15, 0.2) is 0 Å². The molecule has 1 amide bonds. The summed E-state index contributed by atoms with van der Waals surface area (Å²) >= 11 is 0. The van der Waals surface area contributed by atoms with E-state index in [1.807, 2.05) is 13.8 Å². The molecule has 0 bridgehead atoms. The third-order valence-electron chi connectivity index (χ3n) is 4.30. The lowest BCUT2D eigenvalue weighted by atomic mass is 10.0. The van der Waals surface area contributed by atoms with Crippen molar-refractivity contribution in [3.8, 4) is 5.69 Å². The molecule has 1 fully saturated rings. The molecule has 0 spiro atoms. The Hall–Kier alpha value is -1.92. The molecule has 0 saturated carbocycles. The molecule has 1 aromatic carbocycles. The fraction of sp³-hybridized carbons (Fsp3) is 0.412. The van der Waals surface area contributed by atoms with Crippen LogP contribution in [-0.2, 0) is 11.2 Å². The molecule has 2 N–H and O–H groups in total. The number of benzene rings is 1. The molecule has 0 unspecified atom stereocenters. The van der Waals surface area contributed by atoms with E-state index in [0.717, 1.165) is 42.3 Å². The summed E-state index contributed by atoms with van der Waals surface area (Å²) in [6.07, 6.45) is 0.318. The van der Waals surface area contributed by atoms with E-state index in [1.165, 1.54) is 12.1 Å². The zero-order valence-corrected chi connectivity index (χ0v) is 14.6. The molecule has 2 aromatic rings. The first-order valence-corrected chi connectivity index (χ1v) is 7.83. The minimum Gasteiger partial charge on any atom is -0.355 e. The van der Waals surface area contributed by atoms with Crippen LogP contribution in [0, 0.1) is 25.6 Å². The quantitative estimate of drug-likeness (QED) is 0.864. The van der Waals surface area contributed by atoms with Crippen molar-refractivity contribution < 1.29 is 9.18 Å². The highest BCUT2D eigenvalue weighted by atomic mass is 35.5. The topological polar surface area (TPSA) is 59.0 Å². The van der Waals surface area contributed by atoms with Crippen molar-refractivity contribution in [2.45, 2.75) is 20.3 Å². The van der Waals surface area contributed by atoms with Crippen LogP contribution in [0.5, 0.6) is 0 Å². The Morgan fingerprint density at radius 2 is 2.00 bits per heavy atom. The fourth-order valence-electron chi connectivity index (χ4n) is 2.74. The predicted octanol–water partition coefficient (Wildman–Crippen LogP) is 1.93. The molecule has 0 atom stereocenters. The molecule has 0 radical (unpaired) electrons. The third-order valence-corrected chi connectivity index (χ3v) is 4.30. The van der Waals surface area contributed by atoms with Gasteiger partial charge in [-0.3, -0.25) is 4.79 Å². The summed E-state index contributed by atoms with van der Waals surface area (Å²) < 4.78 is 14.8. The van der Waals surface area contributed by atoms with E-state index >= 15 is 0 Å². The number of hydrogen-bond donors (Lipinski definition) is 2. The van der Waals surface area contributed by atoms with Gasteiger partial charge in [-0.1, -0.05) is 0 Å². The van der Waals surface area contributed by atoms with E-state index in [1.54, 1.807) is 16.8 Å². The molecule has 130 valence electrons. The number of amides is 1. The van der Waals surface area contributed by atoms with Gasteiger partial charge in [-0.05, 0) is 38.1 Å². The summed E-state index contributed by atoms with van der Waals surface area (Å²) in [5.74, 6) is 0.283. The molecule has 1 aromatic heterocycles. The average Bonchev–Trinajstić information content (AvgIpc) is 2.75. The lowest BCUT2D eigenvalue weighted by Gasteiger charge is -2.27. The second-order valence-electron chi connectivity index (χ2n) is 6.04. The minimum absolute atomic E-state index is 0. The first kappa shape index (κ1) is 18.4. The van der Waals surface area contributed by atoms with E-state index < -0.39 is 0 Å². The van der Waals surface area contributed by atoms with Gasteiger partial charge in [-0.15, -0.1) is 12.4 Å². The third kappa shape index (κ3) is 3.94. The van der Waals surface area contributed by atoms with Crippen molar-refractivity contribution in [1.82, 2.24) is 20.4 Å². The fourth-order valence-corrected chi connectivity index (χ4v) is 2.74. The van der Waals surface area contributed by atoms with Crippen molar-refractivity contribution >= 4 is 18.3 Å². The number of carbonyl (C=O) groups excluding carboxylic acids is 1. The second-order valence-corrected chi connectivity index (χ2v) is 6.04. The van der Waals surface area contributed by atoms with E-state index in [9.17, 15) is 9.18 Å². The van der Waals surface area contributed by atoms with Crippen molar-refractivity contribution in [2.24, 2.45) is 5.92 Å². The monoisotopic (exact) mass is 352 g/mol. The summed E-state index contributed by atoms with van der Waals surface area (Å²) in [5.41, 5.74) is 3.46. The zero-order valence-electron chi connectivity index (χ0n) is 13.8. The van der Waals surface area contributed by atoms with Crippen LogP contribution in [0.1, 0.15) is 17.0 Å².